The highest BCUT2D eigenvalue weighted by atomic mass is 14.9. The molecule has 3 heteroatoms. The van der Waals surface area contributed by atoms with Crippen molar-refractivity contribution in [1.82, 2.24) is 4.98 Å². The van der Waals surface area contributed by atoms with Gasteiger partial charge in [-0.15, -0.1) is 12.3 Å². The van der Waals surface area contributed by atoms with Crippen LogP contribution in [0.1, 0.15) is 25.0 Å². The van der Waals surface area contributed by atoms with Gasteiger partial charge in [0.25, 0.3) is 0 Å². The van der Waals surface area contributed by atoms with E-state index in [1.165, 1.54) is 0 Å². The molecule has 0 aliphatic carbocycles. The predicted octanol–water partition coefficient (Wildman–Crippen LogP) is 2.17. The van der Waals surface area contributed by atoms with Crippen molar-refractivity contribution >= 4 is 5.69 Å². The average Bonchev–Trinajstić information content (AvgIpc) is 2.29. The summed E-state index contributed by atoms with van der Waals surface area (Å²) in [6.45, 7) is 0.821. The molecule has 0 radical (unpaired) electrons. The molecule has 0 aliphatic rings. The molecule has 1 heterocycles. The van der Waals surface area contributed by atoms with Crippen LogP contribution in [0.5, 0.6) is 0 Å². The minimum atomic E-state index is 0.439. The lowest BCUT2D eigenvalue weighted by Gasteiger charge is -2.05. The number of nitriles is 1. The SMILES string of the molecule is C#CCCCCNc1cccnc1C#N. The van der Waals surface area contributed by atoms with E-state index in [1.807, 2.05) is 18.2 Å². The standard InChI is InChI=1S/C12H13N3/c1-2-3-4-5-8-14-11-7-6-9-15-12(11)10-13/h1,6-7,9,14H,3-5,8H2. The van der Waals surface area contributed by atoms with Crippen LogP contribution in [0, 0.1) is 23.7 Å². The third-order valence-electron chi connectivity index (χ3n) is 1.98. The third-order valence-corrected chi connectivity index (χ3v) is 1.98. The number of pyridine rings is 1. The smallest absolute Gasteiger partial charge is 0.163 e. The molecule has 76 valence electrons. The lowest BCUT2D eigenvalue weighted by Crippen LogP contribution is -2.03. The minimum absolute atomic E-state index is 0.439. The fourth-order valence-electron chi connectivity index (χ4n) is 1.21. The number of rotatable bonds is 5. The largest absolute Gasteiger partial charge is 0.383 e. The van der Waals surface area contributed by atoms with Gasteiger partial charge in [0.1, 0.15) is 6.07 Å². The van der Waals surface area contributed by atoms with Gasteiger partial charge in [-0.2, -0.15) is 5.26 Å². The Balaban J connectivity index is 2.38. The van der Waals surface area contributed by atoms with Crippen molar-refractivity contribution in [3.05, 3.63) is 24.0 Å². The van der Waals surface area contributed by atoms with E-state index in [2.05, 4.69) is 16.2 Å². The molecule has 15 heavy (non-hydrogen) atoms. The number of nitrogens with one attached hydrogen (secondary N) is 1. The topological polar surface area (TPSA) is 48.7 Å². The van der Waals surface area contributed by atoms with Gasteiger partial charge in [-0.25, -0.2) is 4.98 Å². The molecular weight excluding hydrogens is 186 g/mol. The Kier molecular flexibility index (Phi) is 4.77. The summed E-state index contributed by atoms with van der Waals surface area (Å²) in [5, 5.41) is 11.9. The fourth-order valence-corrected chi connectivity index (χ4v) is 1.21. The highest BCUT2D eigenvalue weighted by molar-refractivity contribution is 5.53. The van der Waals surface area contributed by atoms with Crippen LogP contribution < -0.4 is 5.32 Å². The first-order valence-electron chi connectivity index (χ1n) is 4.91. The maximum absolute atomic E-state index is 8.78. The number of aromatic nitrogens is 1. The van der Waals surface area contributed by atoms with Crippen LogP contribution in [0.2, 0.25) is 0 Å². The molecule has 3 nitrogen and oxygen atoms in total. The van der Waals surface area contributed by atoms with Crippen LogP contribution >= 0.6 is 0 Å². The van der Waals surface area contributed by atoms with Gasteiger partial charge in [-0.1, -0.05) is 0 Å². The van der Waals surface area contributed by atoms with Gasteiger partial charge < -0.3 is 5.32 Å². The molecule has 0 aliphatic heterocycles. The Morgan fingerprint density at radius 3 is 3.07 bits per heavy atom. The van der Waals surface area contributed by atoms with Crippen LogP contribution in [-0.2, 0) is 0 Å². The van der Waals surface area contributed by atoms with Gasteiger partial charge in [0.2, 0.25) is 0 Å². The van der Waals surface area contributed by atoms with E-state index in [4.69, 9.17) is 11.7 Å². The number of hydrogen-bond acceptors (Lipinski definition) is 3. The summed E-state index contributed by atoms with van der Waals surface area (Å²) >= 11 is 0. The molecule has 0 fully saturated rings. The predicted molar refractivity (Wildman–Crippen MR) is 60.1 cm³/mol. The maximum Gasteiger partial charge on any atom is 0.163 e. The Morgan fingerprint density at radius 2 is 2.33 bits per heavy atom. The Hall–Kier alpha value is -2.00. The maximum atomic E-state index is 8.78. The molecule has 0 saturated heterocycles. The number of hydrogen-bond donors (Lipinski definition) is 1. The molecule has 0 spiro atoms. The zero-order valence-electron chi connectivity index (χ0n) is 8.53. The summed E-state index contributed by atoms with van der Waals surface area (Å²) in [6, 6.07) is 5.71. The molecule has 0 saturated carbocycles. The van der Waals surface area contributed by atoms with Gasteiger partial charge >= 0.3 is 0 Å². The summed E-state index contributed by atoms with van der Waals surface area (Å²) < 4.78 is 0. The molecule has 0 amide bonds. The number of nitrogens with zero attached hydrogens (tertiary/aromatic N) is 2. The van der Waals surface area contributed by atoms with Crippen molar-refractivity contribution in [2.24, 2.45) is 0 Å². The first kappa shape index (κ1) is 11.1. The molecule has 1 aromatic heterocycles. The molecule has 0 unspecified atom stereocenters. The van der Waals surface area contributed by atoms with E-state index in [0.717, 1.165) is 31.5 Å². The first-order chi connectivity index (χ1) is 7.38. The van der Waals surface area contributed by atoms with Gasteiger partial charge in [0.15, 0.2) is 5.69 Å². The van der Waals surface area contributed by atoms with Crippen LogP contribution in [-0.4, -0.2) is 11.5 Å². The second-order valence-corrected chi connectivity index (χ2v) is 3.10. The van der Waals surface area contributed by atoms with Crippen LogP contribution in [0.25, 0.3) is 0 Å². The number of anilines is 1. The summed E-state index contributed by atoms with van der Waals surface area (Å²) in [5.41, 5.74) is 1.23. The molecule has 0 aromatic carbocycles. The summed E-state index contributed by atoms with van der Waals surface area (Å²) in [5.74, 6) is 2.60. The molecule has 1 aromatic rings. The van der Waals surface area contributed by atoms with Crippen LogP contribution in [0.3, 0.4) is 0 Å². The highest BCUT2D eigenvalue weighted by Gasteiger charge is 1.99. The monoisotopic (exact) mass is 199 g/mol. The van der Waals surface area contributed by atoms with E-state index >= 15 is 0 Å². The zero-order valence-corrected chi connectivity index (χ0v) is 8.53. The van der Waals surface area contributed by atoms with E-state index in [1.54, 1.807) is 6.20 Å². The van der Waals surface area contributed by atoms with Crippen molar-refractivity contribution in [2.45, 2.75) is 19.3 Å². The summed E-state index contributed by atoms with van der Waals surface area (Å²) in [4.78, 5) is 3.96. The summed E-state index contributed by atoms with van der Waals surface area (Å²) in [7, 11) is 0. The Morgan fingerprint density at radius 1 is 1.47 bits per heavy atom. The fraction of sp³-hybridized carbons (Fsp3) is 0.333. The molecule has 0 atom stereocenters. The lowest BCUT2D eigenvalue weighted by molar-refractivity contribution is 0.789. The van der Waals surface area contributed by atoms with Gasteiger partial charge in [-0.3, -0.25) is 0 Å². The van der Waals surface area contributed by atoms with Gasteiger partial charge in [0.05, 0.1) is 5.69 Å². The van der Waals surface area contributed by atoms with Crippen LogP contribution in [0.15, 0.2) is 18.3 Å². The zero-order chi connectivity index (χ0) is 10.9. The van der Waals surface area contributed by atoms with Crippen LogP contribution in [0.4, 0.5) is 5.69 Å². The van der Waals surface area contributed by atoms with Gasteiger partial charge in [0, 0.05) is 19.2 Å². The second-order valence-electron chi connectivity index (χ2n) is 3.10. The minimum Gasteiger partial charge on any atom is -0.383 e. The molecular formula is C12H13N3. The van der Waals surface area contributed by atoms with Crippen molar-refractivity contribution in [3.63, 3.8) is 0 Å². The van der Waals surface area contributed by atoms with Crippen molar-refractivity contribution < 1.29 is 0 Å². The summed E-state index contributed by atoms with van der Waals surface area (Å²) in [6.07, 6.45) is 9.57. The van der Waals surface area contributed by atoms with Crippen molar-refractivity contribution in [1.29, 1.82) is 5.26 Å². The third kappa shape index (κ3) is 3.70. The molecule has 1 N–H and O–H groups in total. The second kappa shape index (κ2) is 6.45. The number of terminal acetylenes is 1. The molecule has 0 bridgehead atoms. The highest BCUT2D eigenvalue weighted by Crippen LogP contribution is 2.10. The van der Waals surface area contributed by atoms with Crippen molar-refractivity contribution in [3.8, 4) is 18.4 Å². The normalized spacial score (nSPS) is 8.93. The average molecular weight is 199 g/mol. The Bertz CT molecular complexity index is 385. The lowest BCUT2D eigenvalue weighted by atomic mass is 10.2. The molecule has 1 rings (SSSR count). The van der Waals surface area contributed by atoms with Crippen molar-refractivity contribution in [2.75, 3.05) is 11.9 Å². The van der Waals surface area contributed by atoms with E-state index in [9.17, 15) is 0 Å². The van der Waals surface area contributed by atoms with Gasteiger partial charge in [-0.05, 0) is 25.0 Å². The quantitative estimate of drug-likeness (QED) is 0.584. The Labute approximate surface area is 90.1 Å². The van der Waals surface area contributed by atoms with E-state index in [-0.39, 0.29) is 0 Å². The first-order valence-corrected chi connectivity index (χ1v) is 4.91. The van der Waals surface area contributed by atoms with E-state index < -0.39 is 0 Å². The number of unbranched alkanes of at least 4 members (excludes halogenated alkanes) is 2. The van der Waals surface area contributed by atoms with E-state index in [0.29, 0.717) is 5.69 Å².